The van der Waals surface area contributed by atoms with E-state index in [0.29, 0.717) is 6.54 Å². The molecule has 16 heavy (non-hydrogen) atoms. The summed E-state index contributed by atoms with van der Waals surface area (Å²) < 4.78 is 5.61. The van der Waals surface area contributed by atoms with Crippen LogP contribution in [0.2, 0.25) is 0 Å². The molecule has 0 aliphatic carbocycles. The zero-order valence-corrected chi connectivity index (χ0v) is 10.5. The molecule has 0 aliphatic heterocycles. The van der Waals surface area contributed by atoms with Crippen molar-refractivity contribution in [1.29, 1.82) is 0 Å². The lowest BCUT2D eigenvalue weighted by molar-refractivity contribution is 0.160. The van der Waals surface area contributed by atoms with Crippen molar-refractivity contribution in [2.24, 2.45) is 0 Å². The van der Waals surface area contributed by atoms with Crippen LogP contribution in [0.3, 0.4) is 0 Å². The van der Waals surface area contributed by atoms with Gasteiger partial charge in [0.05, 0.1) is 13.2 Å². The number of rotatable bonds is 7. The molecule has 2 N–H and O–H groups in total. The van der Waals surface area contributed by atoms with Gasteiger partial charge in [-0.25, -0.2) is 0 Å². The van der Waals surface area contributed by atoms with Crippen LogP contribution in [0.4, 0.5) is 0 Å². The SMILES string of the molecule is CCCC(C)(CO)NCc1ccc(CC)o1. The molecule has 1 aromatic rings. The Morgan fingerprint density at radius 1 is 1.31 bits per heavy atom. The fourth-order valence-corrected chi connectivity index (χ4v) is 1.78. The number of aryl methyl sites for hydroxylation is 1. The average molecular weight is 225 g/mol. The van der Waals surface area contributed by atoms with E-state index in [4.69, 9.17) is 4.42 Å². The molecule has 0 aromatic carbocycles. The summed E-state index contributed by atoms with van der Waals surface area (Å²) in [7, 11) is 0. The Morgan fingerprint density at radius 2 is 2.00 bits per heavy atom. The Kier molecular flexibility index (Phi) is 5.03. The van der Waals surface area contributed by atoms with Crippen molar-refractivity contribution in [3.05, 3.63) is 23.7 Å². The van der Waals surface area contributed by atoms with Gasteiger partial charge in [-0.3, -0.25) is 0 Å². The van der Waals surface area contributed by atoms with E-state index in [1.807, 2.05) is 19.1 Å². The molecule has 0 bridgehead atoms. The van der Waals surface area contributed by atoms with Crippen molar-refractivity contribution in [2.45, 2.75) is 52.1 Å². The molecule has 0 saturated carbocycles. The fraction of sp³-hybridized carbons (Fsp3) is 0.692. The van der Waals surface area contributed by atoms with Crippen molar-refractivity contribution in [3.63, 3.8) is 0 Å². The van der Waals surface area contributed by atoms with Crippen LogP contribution < -0.4 is 5.32 Å². The van der Waals surface area contributed by atoms with Gasteiger partial charge in [0.2, 0.25) is 0 Å². The summed E-state index contributed by atoms with van der Waals surface area (Å²) in [6.07, 6.45) is 2.94. The summed E-state index contributed by atoms with van der Waals surface area (Å²) >= 11 is 0. The third-order valence-corrected chi connectivity index (χ3v) is 2.91. The van der Waals surface area contributed by atoms with E-state index in [9.17, 15) is 5.11 Å². The van der Waals surface area contributed by atoms with Gasteiger partial charge >= 0.3 is 0 Å². The summed E-state index contributed by atoms with van der Waals surface area (Å²) in [6, 6.07) is 4.00. The lowest BCUT2D eigenvalue weighted by Gasteiger charge is -2.28. The summed E-state index contributed by atoms with van der Waals surface area (Å²) in [6.45, 7) is 7.07. The molecule has 0 radical (unpaired) electrons. The van der Waals surface area contributed by atoms with Crippen molar-refractivity contribution >= 4 is 0 Å². The zero-order valence-electron chi connectivity index (χ0n) is 10.5. The van der Waals surface area contributed by atoms with Crippen LogP contribution >= 0.6 is 0 Å². The summed E-state index contributed by atoms with van der Waals surface area (Å²) in [4.78, 5) is 0. The second kappa shape index (κ2) is 6.06. The molecule has 1 aromatic heterocycles. The maximum atomic E-state index is 9.35. The molecular weight excluding hydrogens is 202 g/mol. The van der Waals surface area contributed by atoms with Gasteiger partial charge in [-0.15, -0.1) is 0 Å². The van der Waals surface area contributed by atoms with E-state index in [-0.39, 0.29) is 12.1 Å². The van der Waals surface area contributed by atoms with Gasteiger partial charge in [-0.05, 0) is 25.5 Å². The normalized spacial score (nSPS) is 15.0. The highest BCUT2D eigenvalue weighted by Crippen LogP contribution is 2.14. The number of aliphatic hydroxyl groups is 1. The number of hydrogen-bond acceptors (Lipinski definition) is 3. The Balaban J connectivity index is 2.48. The van der Waals surface area contributed by atoms with Gasteiger partial charge in [0.1, 0.15) is 11.5 Å². The maximum Gasteiger partial charge on any atom is 0.117 e. The highest BCUT2D eigenvalue weighted by Gasteiger charge is 2.21. The molecule has 3 heteroatoms. The topological polar surface area (TPSA) is 45.4 Å². The molecule has 1 unspecified atom stereocenters. The van der Waals surface area contributed by atoms with Gasteiger partial charge in [0.15, 0.2) is 0 Å². The van der Waals surface area contributed by atoms with Crippen LogP contribution in [0.15, 0.2) is 16.5 Å². The Morgan fingerprint density at radius 3 is 2.50 bits per heavy atom. The fourth-order valence-electron chi connectivity index (χ4n) is 1.78. The van der Waals surface area contributed by atoms with Gasteiger partial charge in [0, 0.05) is 12.0 Å². The minimum Gasteiger partial charge on any atom is -0.465 e. The van der Waals surface area contributed by atoms with Crippen LogP contribution in [-0.4, -0.2) is 17.3 Å². The molecular formula is C13H23NO2. The molecule has 0 aliphatic rings. The third-order valence-electron chi connectivity index (χ3n) is 2.91. The average Bonchev–Trinajstić information content (AvgIpc) is 2.75. The van der Waals surface area contributed by atoms with E-state index in [1.54, 1.807) is 0 Å². The van der Waals surface area contributed by atoms with Crippen molar-refractivity contribution in [3.8, 4) is 0 Å². The minimum atomic E-state index is -0.200. The second-order valence-electron chi connectivity index (χ2n) is 4.54. The van der Waals surface area contributed by atoms with Crippen molar-refractivity contribution in [1.82, 2.24) is 5.32 Å². The third kappa shape index (κ3) is 3.65. The number of aliphatic hydroxyl groups excluding tert-OH is 1. The first-order valence-electron chi connectivity index (χ1n) is 6.07. The largest absolute Gasteiger partial charge is 0.465 e. The van der Waals surface area contributed by atoms with E-state index in [1.165, 1.54) is 0 Å². The summed E-state index contributed by atoms with van der Waals surface area (Å²) in [5.41, 5.74) is -0.200. The molecule has 1 atom stereocenters. The molecule has 1 rings (SSSR count). The van der Waals surface area contributed by atoms with E-state index in [2.05, 4.69) is 19.2 Å². The van der Waals surface area contributed by atoms with Crippen molar-refractivity contribution in [2.75, 3.05) is 6.61 Å². The first kappa shape index (κ1) is 13.3. The van der Waals surface area contributed by atoms with Gasteiger partial charge in [0.25, 0.3) is 0 Å². The van der Waals surface area contributed by atoms with E-state index in [0.717, 1.165) is 30.8 Å². The lowest BCUT2D eigenvalue weighted by atomic mass is 9.97. The van der Waals surface area contributed by atoms with E-state index >= 15 is 0 Å². The maximum absolute atomic E-state index is 9.35. The number of furan rings is 1. The minimum absolute atomic E-state index is 0.155. The van der Waals surface area contributed by atoms with Crippen LogP contribution in [0.5, 0.6) is 0 Å². The monoisotopic (exact) mass is 225 g/mol. The van der Waals surface area contributed by atoms with Gasteiger partial charge in [-0.1, -0.05) is 20.3 Å². The van der Waals surface area contributed by atoms with Crippen LogP contribution in [0.1, 0.15) is 45.1 Å². The van der Waals surface area contributed by atoms with Gasteiger partial charge < -0.3 is 14.8 Å². The van der Waals surface area contributed by atoms with Crippen LogP contribution in [0.25, 0.3) is 0 Å². The van der Waals surface area contributed by atoms with Crippen LogP contribution in [-0.2, 0) is 13.0 Å². The summed E-state index contributed by atoms with van der Waals surface area (Å²) in [5.74, 6) is 1.95. The Bertz CT molecular complexity index is 309. The van der Waals surface area contributed by atoms with Gasteiger partial charge in [-0.2, -0.15) is 0 Å². The smallest absolute Gasteiger partial charge is 0.117 e. The molecule has 3 nitrogen and oxygen atoms in total. The zero-order chi connectivity index (χ0) is 12.0. The Labute approximate surface area is 97.9 Å². The molecule has 0 fully saturated rings. The molecule has 92 valence electrons. The molecule has 1 heterocycles. The number of hydrogen-bond donors (Lipinski definition) is 2. The lowest BCUT2D eigenvalue weighted by Crippen LogP contribution is -2.45. The second-order valence-corrected chi connectivity index (χ2v) is 4.54. The predicted octanol–water partition coefficient (Wildman–Crippen LogP) is 2.48. The predicted molar refractivity (Wildman–Crippen MR) is 65.3 cm³/mol. The quantitative estimate of drug-likeness (QED) is 0.749. The number of nitrogens with one attached hydrogen (secondary N) is 1. The molecule has 0 amide bonds. The standard InChI is InChI=1S/C13H23NO2/c1-4-8-13(3,10-15)14-9-12-7-6-11(5-2)16-12/h6-7,14-15H,4-5,8-10H2,1-3H3. The Hall–Kier alpha value is -0.800. The first-order chi connectivity index (χ1) is 7.63. The highest BCUT2D eigenvalue weighted by atomic mass is 16.3. The highest BCUT2D eigenvalue weighted by molar-refractivity contribution is 5.07. The van der Waals surface area contributed by atoms with E-state index < -0.39 is 0 Å². The molecule has 0 saturated heterocycles. The molecule has 0 spiro atoms. The van der Waals surface area contributed by atoms with Crippen molar-refractivity contribution < 1.29 is 9.52 Å². The summed E-state index contributed by atoms with van der Waals surface area (Å²) in [5, 5.41) is 12.7. The first-order valence-corrected chi connectivity index (χ1v) is 6.07. The van der Waals surface area contributed by atoms with Crippen LogP contribution in [0, 0.1) is 0 Å².